The van der Waals surface area contributed by atoms with Gasteiger partial charge in [-0.05, 0) is 56.3 Å². The Morgan fingerprint density at radius 3 is 2.50 bits per heavy atom. The highest BCUT2D eigenvalue weighted by molar-refractivity contribution is 7.13. The number of hydrogen-bond donors (Lipinski definition) is 1. The average Bonchev–Trinajstić information content (AvgIpc) is 3.09. The second-order valence-electron chi connectivity index (χ2n) is 8.99. The minimum absolute atomic E-state index is 0.0860. The Morgan fingerprint density at radius 2 is 1.85 bits per heavy atom. The molecule has 1 saturated heterocycles. The topological polar surface area (TPSA) is 54.5 Å². The van der Waals surface area contributed by atoms with Crippen LogP contribution in [-0.2, 0) is 14.9 Å². The average molecular weight is 376 g/mol. The number of aromatic nitrogens is 1. The molecule has 6 heteroatoms. The zero-order valence-electron chi connectivity index (χ0n) is 15.4. The van der Waals surface area contributed by atoms with Gasteiger partial charge in [-0.1, -0.05) is 0 Å². The standard InChI is InChI=1S/C20H29N3O2S/c24-18(1-2-23-3-5-25-6-4-23)22-19-21-17(13-26-19)20-10-14-7-15(11-20)9-16(8-14)12-20/h13-16H,1-12H2,(H,21,22,24). The van der Waals surface area contributed by atoms with Gasteiger partial charge in [0, 0.05) is 36.9 Å². The molecular weight excluding hydrogens is 346 g/mol. The Balaban J connectivity index is 1.20. The molecule has 1 aromatic rings. The highest BCUT2D eigenvalue weighted by Crippen LogP contribution is 2.60. The number of morpholine rings is 1. The Bertz CT molecular complexity index is 632. The van der Waals surface area contributed by atoms with E-state index >= 15 is 0 Å². The van der Waals surface area contributed by atoms with Crippen molar-refractivity contribution in [2.75, 3.05) is 38.2 Å². The summed E-state index contributed by atoms with van der Waals surface area (Å²) in [7, 11) is 0. The number of rotatable bonds is 5. The minimum atomic E-state index is 0.0860. The van der Waals surface area contributed by atoms with Crippen molar-refractivity contribution in [2.24, 2.45) is 17.8 Å². The zero-order chi connectivity index (χ0) is 17.6. The van der Waals surface area contributed by atoms with E-state index in [0.717, 1.165) is 55.7 Å². The lowest BCUT2D eigenvalue weighted by Crippen LogP contribution is -2.48. The summed E-state index contributed by atoms with van der Waals surface area (Å²) >= 11 is 1.61. The van der Waals surface area contributed by atoms with Crippen LogP contribution in [0.4, 0.5) is 5.13 Å². The molecule has 2 heterocycles. The summed E-state index contributed by atoms with van der Waals surface area (Å²) < 4.78 is 5.35. The van der Waals surface area contributed by atoms with Crippen molar-refractivity contribution in [3.63, 3.8) is 0 Å². The molecule has 5 fully saturated rings. The summed E-state index contributed by atoms with van der Waals surface area (Å²) in [5.41, 5.74) is 1.59. The first kappa shape index (κ1) is 17.1. The molecule has 1 aliphatic heterocycles. The Hall–Kier alpha value is -0.980. The number of thiazole rings is 1. The number of hydrogen-bond acceptors (Lipinski definition) is 5. The predicted molar refractivity (Wildman–Crippen MR) is 102 cm³/mol. The van der Waals surface area contributed by atoms with Crippen molar-refractivity contribution in [3.05, 3.63) is 11.1 Å². The fourth-order valence-electron chi connectivity index (χ4n) is 6.27. The van der Waals surface area contributed by atoms with E-state index < -0.39 is 0 Å². The molecule has 4 saturated carbocycles. The van der Waals surface area contributed by atoms with Gasteiger partial charge in [0.05, 0.1) is 18.9 Å². The normalized spacial score (nSPS) is 36.4. The summed E-state index contributed by atoms with van der Waals surface area (Å²) in [5, 5.41) is 6.07. The monoisotopic (exact) mass is 375 g/mol. The van der Waals surface area contributed by atoms with Crippen molar-refractivity contribution in [2.45, 2.75) is 50.4 Å². The van der Waals surface area contributed by atoms with Gasteiger partial charge in [0.2, 0.25) is 5.91 Å². The van der Waals surface area contributed by atoms with Gasteiger partial charge >= 0.3 is 0 Å². The van der Waals surface area contributed by atoms with Crippen LogP contribution in [0.5, 0.6) is 0 Å². The van der Waals surface area contributed by atoms with Gasteiger partial charge < -0.3 is 10.1 Å². The van der Waals surface area contributed by atoms with Gasteiger partial charge in [0.25, 0.3) is 0 Å². The SMILES string of the molecule is O=C(CCN1CCOCC1)Nc1nc(C23CC4CC(CC(C4)C2)C3)cs1. The molecule has 1 N–H and O–H groups in total. The van der Waals surface area contributed by atoms with Crippen LogP contribution in [0.1, 0.15) is 50.6 Å². The molecule has 0 unspecified atom stereocenters. The third kappa shape index (κ3) is 3.32. The zero-order valence-corrected chi connectivity index (χ0v) is 16.2. The summed E-state index contributed by atoms with van der Waals surface area (Å²) in [4.78, 5) is 19.5. The van der Waals surface area contributed by atoms with Crippen LogP contribution in [0, 0.1) is 17.8 Å². The van der Waals surface area contributed by atoms with E-state index in [1.165, 1.54) is 44.2 Å². The van der Waals surface area contributed by atoms with Gasteiger partial charge in [-0.25, -0.2) is 4.98 Å². The molecule has 6 rings (SSSR count). The van der Waals surface area contributed by atoms with Crippen molar-refractivity contribution < 1.29 is 9.53 Å². The Labute approximate surface area is 159 Å². The molecule has 142 valence electrons. The van der Waals surface area contributed by atoms with Crippen molar-refractivity contribution >= 4 is 22.4 Å². The number of nitrogens with one attached hydrogen (secondary N) is 1. The number of nitrogens with zero attached hydrogens (tertiary/aromatic N) is 2. The van der Waals surface area contributed by atoms with Crippen LogP contribution in [0.2, 0.25) is 0 Å². The maximum absolute atomic E-state index is 12.3. The number of amides is 1. The third-order valence-electron chi connectivity index (χ3n) is 7.09. The van der Waals surface area contributed by atoms with Crippen LogP contribution in [0.3, 0.4) is 0 Å². The first-order valence-corrected chi connectivity index (χ1v) is 11.1. The van der Waals surface area contributed by atoms with E-state index in [1.54, 1.807) is 11.3 Å². The first-order chi connectivity index (χ1) is 12.7. The molecule has 4 bridgehead atoms. The molecule has 4 aliphatic carbocycles. The maximum atomic E-state index is 12.3. The molecule has 0 spiro atoms. The third-order valence-corrected chi connectivity index (χ3v) is 7.85. The van der Waals surface area contributed by atoms with E-state index in [0.29, 0.717) is 11.8 Å². The number of carbonyl (C=O) groups is 1. The van der Waals surface area contributed by atoms with Crippen LogP contribution >= 0.6 is 11.3 Å². The molecule has 0 radical (unpaired) electrons. The second kappa shape index (κ2) is 6.88. The van der Waals surface area contributed by atoms with Gasteiger partial charge in [-0.2, -0.15) is 0 Å². The lowest BCUT2D eigenvalue weighted by Gasteiger charge is -2.56. The maximum Gasteiger partial charge on any atom is 0.227 e. The van der Waals surface area contributed by atoms with Crippen molar-refractivity contribution in [1.29, 1.82) is 0 Å². The van der Waals surface area contributed by atoms with E-state index in [2.05, 4.69) is 15.6 Å². The Morgan fingerprint density at radius 1 is 1.19 bits per heavy atom. The summed E-state index contributed by atoms with van der Waals surface area (Å²) in [5.74, 6) is 2.86. The lowest BCUT2D eigenvalue weighted by atomic mass is 9.49. The molecule has 1 aromatic heterocycles. The van der Waals surface area contributed by atoms with E-state index in [4.69, 9.17) is 9.72 Å². The summed E-state index contributed by atoms with van der Waals surface area (Å²) in [6.07, 6.45) is 8.87. The van der Waals surface area contributed by atoms with Crippen LogP contribution in [0.15, 0.2) is 5.38 Å². The highest BCUT2D eigenvalue weighted by atomic mass is 32.1. The molecule has 5 aliphatic rings. The van der Waals surface area contributed by atoms with Crippen molar-refractivity contribution in [3.8, 4) is 0 Å². The van der Waals surface area contributed by atoms with Gasteiger partial charge in [0.1, 0.15) is 0 Å². The van der Waals surface area contributed by atoms with Crippen LogP contribution in [-0.4, -0.2) is 48.6 Å². The van der Waals surface area contributed by atoms with E-state index in [-0.39, 0.29) is 5.91 Å². The number of carbonyl (C=O) groups excluding carboxylic acids is 1. The highest BCUT2D eigenvalue weighted by Gasteiger charge is 2.52. The smallest absolute Gasteiger partial charge is 0.227 e. The van der Waals surface area contributed by atoms with Gasteiger partial charge in [0.15, 0.2) is 5.13 Å². The molecular formula is C20H29N3O2S. The van der Waals surface area contributed by atoms with E-state index in [1.807, 2.05) is 0 Å². The quantitative estimate of drug-likeness (QED) is 0.858. The second-order valence-corrected chi connectivity index (χ2v) is 9.85. The van der Waals surface area contributed by atoms with Gasteiger partial charge in [-0.3, -0.25) is 9.69 Å². The van der Waals surface area contributed by atoms with Crippen LogP contribution < -0.4 is 5.32 Å². The molecule has 0 atom stereocenters. The fourth-order valence-corrected chi connectivity index (χ4v) is 7.12. The fraction of sp³-hybridized carbons (Fsp3) is 0.800. The van der Waals surface area contributed by atoms with Crippen molar-refractivity contribution in [1.82, 2.24) is 9.88 Å². The molecule has 26 heavy (non-hydrogen) atoms. The number of anilines is 1. The van der Waals surface area contributed by atoms with Crippen LogP contribution in [0.25, 0.3) is 0 Å². The summed E-state index contributed by atoms with van der Waals surface area (Å²) in [6.45, 7) is 4.23. The minimum Gasteiger partial charge on any atom is -0.379 e. The predicted octanol–water partition coefficient (Wildman–Crippen LogP) is 3.27. The summed E-state index contributed by atoms with van der Waals surface area (Å²) in [6, 6.07) is 0. The molecule has 0 aromatic carbocycles. The lowest BCUT2D eigenvalue weighted by molar-refractivity contribution is -0.116. The number of ether oxygens (including phenoxy) is 1. The first-order valence-electron chi connectivity index (χ1n) is 10.2. The van der Waals surface area contributed by atoms with E-state index in [9.17, 15) is 4.79 Å². The van der Waals surface area contributed by atoms with Gasteiger partial charge in [-0.15, -0.1) is 11.3 Å². The molecule has 5 nitrogen and oxygen atoms in total. The largest absolute Gasteiger partial charge is 0.379 e. The molecule has 1 amide bonds. The Kier molecular flexibility index (Phi) is 4.53.